The molecule has 5 nitrogen and oxygen atoms in total. The molecule has 0 spiro atoms. The number of benzene rings is 2. The molecule has 0 unspecified atom stereocenters. The fourth-order valence-electron chi connectivity index (χ4n) is 3.43. The lowest BCUT2D eigenvalue weighted by Gasteiger charge is -2.36. The molecule has 0 bridgehead atoms. The summed E-state index contributed by atoms with van der Waals surface area (Å²) >= 11 is 0. The van der Waals surface area contributed by atoms with Crippen molar-refractivity contribution < 1.29 is 23.0 Å². The molecule has 2 aromatic rings. The molecule has 1 aliphatic heterocycles. The van der Waals surface area contributed by atoms with Gasteiger partial charge in [0, 0.05) is 13.1 Å². The average Bonchev–Trinajstić information content (AvgIpc) is 2.73. The minimum atomic E-state index is -1.20. The van der Waals surface area contributed by atoms with Crippen molar-refractivity contribution in [2.45, 2.75) is 51.7 Å². The summed E-state index contributed by atoms with van der Waals surface area (Å²) in [6.45, 7) is 4.94. The molecule has 30 heavy (non-hydrogen) atoms. The van der Waals surface area contributed by atoms with Gasteiger partial charge >= 0.3 is 6.09 Å². The predicted octanol–water partition coefficient (Wildman–Crippen LogP) is 4.45. The van der Waals surface area contributed by atoms with Crippen LogP contribution in [0.2, 0.25) is 0 Å². The monoisotopic (exact) mass is 418 g/mol. The van der Waals surface area contributed by atoms with Gasteiger partial charge in [0.05, 0.1) is 12.1 Å². The molecule has 3 rings (SSSR count). The Hall–Kier alpha value is -2.67. The minimum absolute atomic E-state index is 0.0721. The molecule has 1 amide bonds. The van der Waals surface area contributed by atoms with Crippen LogP contribution in [0.3, 0.4) is 0 Å². The van der Waals surface area contributed by atoms with Gasteiger partial charge in [-0.2, -0.15) is 0 Å². The molecule has 7 heteroatoms. The van der Waals surface area contributed by atoms with Gasteiger partial charge in [-0.3, -0.25) is 4.90 Å². The Morgan fingerprint density at radius 2 is 1.80 bits per heavy atom. The molecule has 1 aliphatic rings. The molecule has 162 valence electrons. The Morgan fingerprint density at radius 1 is 1.13 bits per heavy atom. The second kappa shape index (κ2) is 10.4. The lowest BCUT2D eigenvalue weighted by atomic mass is 10.0. The van der Waals surface area contributed by atoms with Crippen LogP contribution in [0, 0.1) is 5.82 Å². The van der Waals surface area contributed by atoms with Gasteiger partial charge in [-0.25, -0.2) is 13.6 Å². The molecule has 1 fully saturated rings. The third-order valence-corrected chi connectivity index (χ3v) is 4.93. The SMILES string of the molecule is CC(C)Oc1ccc(COC(=O)N(Cc2ccc(F)cc2)[C@@H]2CCNC[C@@H]2F)cc1. The highest BCUT2D eigenvalue weighted by molar-refractivity contribution is 5.68. The van der Waals surface area contributed by atoms with E-state index in [1.807, 2.05) is 38.1 Å². The van der Waals surface area contributed by atoms with Gasteiger partial charge in [-0.1, -0.05) is 24.3 Å². The van der Waals surface area contributed by atoms with Crippen molar-refractivity contribution in [2.24, 2.45) is 0 Å². The van der Waals surface area contributed by atoms with E-state index in [-0.39, 0.29) is 31.6 Å². The van der Waals surface area contributed by atoms with Gasteiger partial charge in [0.1, 0.15) is 24.3 Å². The van der Waals surface area contributed by atoms with Crippen LogP contribution in [0.5, 0.6) is 5.75 Å². The zero-order valence-electron chi connectivity index (χ0n) is 17.3. The van der Waals surface area contributed by atoms with Gasteiger partial charge in [-0.05, 0) is 62.2 Å². The Labute approximate surface area is 176 Å². The van der Waals surface area contributed by atoms with E-state index in [9.17, 15) is 13.6 Å². The standard InChI is InChI=1S/C23H28F2N2O3/c1-16(2)30-20-9-5-18(6-10-20)15-29-23(28)27(22-11-12-26-13-21(22)25)14-17-3-7-19(24)8-4-17/h3-10,16,21-22,26H,11-15H2,1-2H3/t21-,22+/m0/s1. The minimum Gasteiger partial charge on any atom is -0.491 e. The summed E-state index contributed by atoms with van der Waals surface area (Å²) in [5.74, 6) is 0.385. The molecule has 0 saturated carbocycles. The Morgan fingerprint density at radius 3 is 2.43 bits per heavy atom. The maximum Gasteiger partial charge on any atom is 0.410 e. The van der Waals surface area contributed by atoms with Gasteiger partial charge < -0.3 is 14.8 Å². The second-order valence-corrected chi connectivity index (χ2v) is 7.70. The first-order valence-electron chi connectivity index (χ1n) is 10.2. The van der Waals surface area contributed by atoms with Crippen molar-refractivity contribution in [1.29, 1.82) is 0 Å². The molecule has 0 radical (unpaired) electrons. The maximum absolute atomic E-state index is 14.6. The quantitative estimate of drug-likeness (QED) is 0.722. The van der Waals surface area contributed by atoms with Gasteiger partial charge in [-0.15, -0.1) is 0 Å². The van der Waals surface area contributed by atoms with Crippen LogP contribution in [-0.2, 0) is 17.9 Å². The zero-order chi connectivity index (χ0) is 21.5. The number of piperidine rings is 1. The lowest BCUT2D eigenvalue weighted by molar-refractivity contribution is 0.0442. The number of halogens is 2. The topological polar surface area (TPSA) is 50.8 Å². The Bertz CT molecular complexity index is 812. The number of nitrogens with zero attached hydrogens (tertiary/aromatic N) is 1. The number of hydrogen-bond acceptors (Lipinski definition) is 4. The van der Waals surface area contributed by atoms with Crippen molar-refractivity contribution in [3.8, 4) is 5.75 Å². The van der Waals surface area contributed by atoms with Crippen molar-refractivity contribution in [3.05, 3.63) is 65.5 Å². The number of alkyl halides is 1. The van der Waals surface area contributed by atoms with Crippen molar-refractivity contribution in [2.75, 3.05) is 13.1 Å². The number of ether oxygens (including phenoxy) is 2. The molecular formula is C23H28F2N2O3. The van der Waals surface area contributed by atoms with Crippen molar-refractivity contribution in [3.63, 3.8) is 0 Å². The first-order chi connectivity index (χ1) is 14.4. The number of rotatable bonds is 7. The van der Waals surface area contributed by atoms with E-state index in [4.69, 9.17) is 9.47 Å². The average molecular weight is 418 g/mol. The summed E-state index contributed by atoms with van der Waals surface area (Å²) in [6, 6.07) is 12.6. The Balaban J connectivity index is 1.67. The summed E-state index contributed by atoms with van der Waals surface area (Å²) in [5.41, 5.74) is 1.53. The number of carbonyl (C=O) groups excluding carboxylic acids is 1. The third-order valence-electron chi connectivity index (χ3n) is 4.93. The normalized spacial score (nSPS) is 18.8. The van der Waals surface area contributed by atoms with Gasteiger partial charge in [0.25, 0.3) is 0 Å². The fraction of sp³-hybridized carbons (Fsp3) is 0.435. The zero-order valence-corrected chi connectivity index (χ0v) is 17.3. The molecule has 2 atom stereocenters. The first-order valence-corrected chi connectivity index (χ1v) is 10.2. The number of hydrogen-bond donors (Lipinski definition) is 1. The van der Waals surface area contributed by atoms with Gasteiger partial charge in [0.2, 0.25) is 0 Å². The van der Waals surface area contributed by atoms with Crippen molar-refractivity contribution >= 4 is 6.09 Å². The summed E-state index contributed by atoms with van der Waals surface area (Å²) < 4.78 is 38.9. The molecule has 1 saturated heterocycles. The molecule has 0 aliphatic carbocycles. The predicted molar refractivity (Wildman–Crippen MR) is 111 cm³/mol. The van der Waals surface area contributed by atoms with Crippen LogP contribution in [0.4, 0.5) is 13.6 Å². The molecule has 1 N–H and O–H groups in total. The number of nitrogens with one attached hydrogen (secondary N) is 1. The van der Waals surface area contributed by atoms with E-state index in [0.29, 0.717) is 18.5 Å². The van der Waals surface area contributed by atoms with E-state index in [2.05, 4.69) is 5.32 Å². The largest absolute Gasteiger partial charge is 0.491 e. The number of carbonyl (C=O) groups is 1. The van der Waals surface area contributed by atoms with Crippen LogP contribution in [0.25, 0.3) is 0 Å². The van der Waals surface area contributed by atoms with E-state index >= 15 is 0 Å². The molecule has 0 aromatic heterocycles. The van der Waals surface area contributed by atoms with Crippen LogP contribution in [0.1, 0.15) is 31.4 Å². The molecule has 1 heterocycles. The lowest BCUT2D eigenvalue weighted by Crippen LogP contribution is -2.52. The molecular weight excluding hydrogens is 390 g/mol. The van der Waals surface area contributed by atoms with Crippen LogP contribution in [-0.4, -0.2) is 42.4 Å². The van der Waals surface area contributed by atoms with Crippen molar-refractivity contribution in [1.82, 2.24) is 10.2 Å². The third kappa shape index (κ3) is 6.16. The van der Waals surface area contributed by atoms with Crippen LogP contribution in [0.15, 0.2) is 48.5 Å². The van der Waals surface area contributed by atoms with Crippen LogP contribution < -0.4 is 10.1 Å². The van der Waals surface area contributed by atoms with E-state index in [1.165, 1.54) is 17.0 Å². The van der Waals surface area contributed by atoms with E-state index in [0.717, 1.165) is 11.3 Å². The van der Waals surface area contributed by atoms with E-state index < -0.39 is 18.3 Å². The summed E-state index contributed by atoms with van der Waals surface area (Å²) in [5, 5.41) is 2.99. The van der Waals surface area contributed by atoms with Gasteiger partial charge in [0.15, 0.2) is 0 Å². The number of amides is 1. The summed E-state index contributed by atoms with van der Waals surface area (Å²) in [6.07, 6.45) is -1.22. The summed E-state index contributed by atoms with van der Waals surface area (Å²) in [7, 11) is 0. The smallest absolute Gasteiger partial charge is 0.410 e. The highest BCUT2D eigenvalue weighted by Crippen LogP contribution is 2.21. The summed E-state index contributed by atoms with van der Waals surface area (Å²) in [4.78, 5) is 14.3. The maximum atomic E-state index is 14.6. The second-order valence-electron chi connectivity index (χ2n) is 7.70. The fourth-order valence-corrected chi connectivity index (χ4v) is 3.43. The highest BCUT2D eigenvalue weighted by Gasteiger charge is 2.34. The van der Waals surface area contributed by atoms with E-state index in [1.54, 1.807) is 12.1 Å². The first kappa shape index (κ1) is 22.0. The molecule has 2 aromatic carbocycles. The Kier molecular flexibility index (Phi) is 7.63. The highest BCUT2D eigenvalue weighted by atomic mass is 19.1. The van der Waals surface area contributed by atoms with Crippen LogP contribution >= 0.6 is 0 Å².